The van der Waals surface area contributed by atoms with Crippen molar-refractivity contribution in [3.05, 3.63) is 29.1 Å². The summed E-state index contributed by atoms with van der Waals surface area (Å²) < 4.78 is 0. The largest absolute Gasteiger partial charge is 0.481 e. The molecule has 9 N–H and O–H groups in total. The second-order valence-corrected chi connectivity index (χ2v) is 7.48. The van der Waals surface area contributed by atoms with Gasteiger partial charge in [0.05, 0.1) is 0 Å². The summed E-state index contributed by atoms with van der Waals surface area (Å²) in [6, 6.07) is 2.07. The van der Waals surface area contributed by atoms with Crippen LogP contribution in [-0.2, 0) is 22.4 Å². The third-order valence-electron chi connectivity index (χ3n) is 5.17. The van der Waals surface area contributed by atoms with E-state index in [1.54, 1.807) is 12.1 Å². The summed E-state index contributed by atoms with van der Waals surface area (Å²) in [6.07, 6.45) is 1.65. The van der Waals surface area contributed by atoms with Crippen LogP contribution >= 0.6 is 0 Å². The van der Waals surface area contributed by atoms with E-state index in [-0.39, 0.29) is 30.4 Å². The van der Waals surface area contributed by atoms with Crippen molar-refractivity contribution in [2.45, 2.75) is 38.1 Å². The molecule has 0 fully saturated rings. The SMILES string of the molecule is Nc1nc(N)c2c(n1)NCC(CCc1ccc(C(=O)N[C@@H](CCC(=O)O)C(=O)O)[nH]1)C2. The molecular formula is C19H25N7O5. The van der Waals surface area contributed by atoms with Gasteiger partial charge in [-0.25, -0.2) is 4.79 Å². The van der Waals surface area contributed by atoms with E-state index in [1.165, 1.54) is 0 Å². The van der Waals surface area contributed by atoms with Crippen LogP contribution in [0.2, 0.25) is 0 Å². The number of nitrogen functional groups attached to an aromatic ring is 2. The average molecular weight is 431 g/mol. The van der Waals surface area contributed by atoms with Crippen molar-refractivity contribution in [2.24, 2.45) is 5.92 Å². The van der Waals surface area contributed by atoms with Gasteiger partial charge in [-0.1, -0.05) is 0 Å². The van der Waals surface area contributed by atoms with Gasteiger partial charge in [0.2, 0.25) is 5.95 Å². The van der Waals surface area contributed by atoms with Crippen LogP contribution in [0.15, 0.2) is 12.1 Å². The minimum absolute atomic E-state index is 0.132. The molecule has 31 heavy (non-hydrogen) atoms. The summed E-state index contributed by atoms with van der Waals surface area (Å²) in [7, 11) is 0. The summed E-state index contributed by atoms with van der Waals surface area (Å²) in [5.41, 5.74) is 13.5. The van der Waals surface area contributed by atoms with Crippen LogP contribution in [0, 0.1) is 5.92 Å². The molecule has 1 unspecified atom stereocenters. The molecule has 0 saturated heterocycles. The molecule has 0 spiro atoms. The Morgan fingerprint density at radius 1 is 1.23 bits per heavy atom. The smallest absolute Gasteiger partial charge is 0.326 e. The van der Waals surface area contributed by atoms with Gasteiger partial charge in [-0.2, -0.15) is 9.97 Å². The first-order valence-electron chi connectivity index (χ1n) is 9.82. The number of carbonyl (C=O) groups is 3. The van der Waals surface area contributed by atoms with Crippen molar-refractivity contribution in [1.82, 2.24) is 20.3 Å². The highest BCUT2D eigenvalue weighted by molar-refractivity contribution is 5.95. The lowest BCUT2D eigenvalue weighted by Gasteiger charge is -2.26. The molecule has 0 aromatic carbocycles. The van der Waals surface area contributed by atoms with Gasteiger partial charge in [-0.05, 0) is 43.7 Å². The van der Waals surface area contributed by atoms with Crippen LogP contribution < -0.4 is 22.1 Å². The number of anilines is 3. The highest BCUT2D eigenvalue weighted by Gasteiger charge is 2.24. The fourth-order valence-electron chi connectivity index (χ4n) is 3.51. The number of hydrogen-bond acceptors (Lipinski definition) is 8. The Labute approximate surface area is 177 Å². The van der Waals surface area contributed by atoms with E-state index < -0.39 is 23.9 Å². The van der Waals surface area contributed by atoms with Gasteiger partial charge in [-0.3, -0.25) is 9.59 Å². The van der Waals surface area contributed by atoms with Gasteiger partial charge in [0.15, 0.2) is 0 Å². The first kappa shape index (κ1) is 21.9. The van der Waals surface area contributed by atoms with Gasteiger partial charge in [-0.15, -0.1) is 0 Å². The normalized spacial score (nSPS) is 16.1. The molecular weight excluding hydrogens is 406 g/mol. The fraction of sp³-hybridized carbons (Fsp3) is 0.421. The van der Waals surface area contributed by atoms with E-state index in [4.69, 9.17) is 16.6 Å². The van der Waals surface area contributed by atoms with E-state index in [2.05, 4.69) is 25.6 Å². The molecule has 12 nitrogen and oxygen atoms in total. The number of nitrogens with zero attached hydrogens (tertiary/aromatic N) is 2. The van der Waals surface area contributed by atoms with Gasteiger partial charge in [0.1, 0.15) is 23.4 Å². The molecule has 3 heterocycles. The van der Waals surface area contributed by atoms with Gasteiger partial charge >= 0.3 is 11.9 Å². The number of amides is 1. The number of carbonyl (C=O) groups excluding carboxylic acids is 1. The number of aromatic amines is 1. The molecule has 1 aliphatic heterocycles. The number of carboxylic acids is 2. The van der Waals surface area contributed by atoms with Crippen LogP contribution in [0.25, 0.3) is 0 Å². The van der Waals surface area contributed by atoms with Crippen molar-refractivity contribution >= 4 is 35.4 Å². The van der Waals surface area contributed by atoms with E-state index in [1.807, 2.05) is 0 Å². The Morgan fingerprint density at radius 3 is 2.71 bits per heavy atom. The lowest BCUT2D eigenvalue weighted by Crippen LogP contribution is -2.41. The molecule has 1 amide bonds. The minimum atomic E-state index is -1.28. The number of carboxylic acid groups (broad SMARTS) is 2. The predicted octanol–water partition coefficient (Wildman–Crippen LogP) is 0.234. The van der Waals surface area contributed by atoms with Crippen molar-refractivity contribution in [3.8, 4) is 0 Å². The zero-order valence-electron chi connectivity index (χ0n) is 16.7. The Morgan fingerprint density at radius 2 is 2.00 bits per heavy atom. The summed E-state index contributed by atoms with van der Waals surface area (Å²) in [4.78, 5) is 45.4. The van der Waals surface area contributed by atoms with Gasteiger partial charge in [0, 0.05) is 24.2 Å². The number of hydrogen-bond donors (Lipinski definition) is 7. The van der Waals surface area contributed by atoms with Crippen LogP contribution in [0.5, 0.6) is 0 Å². The molecule has 166 valence electrons. The van der Waals surface area contributed by atoms with Crippen molar-refractivity contribution in [1.29, 1.82) is 0 Å². The number of aryl methyl sites for hydroxylation is 1. The van der Waals surface area contributed by atoms with Crippen LogP contribution in [0.3, 0.4) is 0 Å². The zero-order chi connectivity index (χ0) is 22.5. The van der Waals surface area contributed by atoms with E-state index >= 15 is 0 Å². The second kappa shape index (κ2) is 9.32. The number of aliphatic carboxylic acids is 2. The molecule has 0 aliphatic carbocycles. The number of aromatic nitrogens is 3. The molecule has 2 atom stereocenters. The van der Waals surface area contributed by atoms with Gasteiger partial charge < -0.3 is 37.3 Å². The van der Waals surface area contributed by atoms with Crippen molar-refractivity contribution in [3.63, 3.8) is 0 Å². The Bertz CT molecular complexity index is 990. The molecule has 2 aromatic heterocycles. The van der Waals surface area contributed by atoms with Crippen molar-refractivity contribution < 1.29 is 24.6 Å². The topological polar surface area (TPSA) is 209 Å². The maximum absolute atomic E-state index is 12.3. The molecule has 12 heteroatoms. The summed E-state index contributed by atoms with van der Waals surface area (Å²) in [5, 5.41) is 23.5. The maximum atomic E-state index is 12.3. The Kier molecular flexibility index (Phi) is 6.58. The Balaban J connectivity index is 1.54. The first-order valence-corrected chi connectivity index (χ1v) is 9.82. The average Bonchev–Trinajstić information content (AvgIpc) is 3.18. The molecule has 1 aliphatic rings. The number of nitrogens with two attached hydrogens (primary N) is 2. The van der Waals surface area contributed by atoms with Crippen LogP contribution in [-0.4, -0.2) is 55.6 Å². The number of rotatable bonds is 9. The van der Waals surface area contributed by atoms with Gasteiger partial charge in [0.25, 0.3) is 5.91 Å². The lowest BCUT2D eigenvalue weighted by atomic mass is 9.91. The molecule has 3 rings (SSSR count). The number of fused-ring (bicyclic) bond motifs is 1. The monoisotopic (exact) mass is 431 g/mol. The summed E-state index contributed by atoms with van der Waals surface area (Å²) in [5.74, 6) is -1.55. The van der Waals surface area contributed by atoms with Crippen LogP contribution in [0.1, 0.15) is 41.0 Å². The van der Waals surface area contributed by atoms with Crippen LogP contribution in [0.4, 0.5) is 17.6 Å². The Hall–Kier alpha value is -3.83. The quantitative estimate of drug-likeness (QED) is 0.287. The highest BCUT2D eigenvalue weighted by Crippen LogP contribution is 2.29. The van der Waals surface area contributed by atoms with E-state index in [0.717, 1.165) is 17.7 Å². The second-order valence-electron chi connectivity index (χ2n) is 7.48. The number of H-pyrrole nitrogens is 1. The molecule has 0 radical (unpaired) electrons. The fourth-order valence-corrected chi connectivity index (χ4v) is 3.51. The lowest BCUT2D eigenvalue weighted by molar-refractivity contribution is -0.140. The standard InChI is InChI=1S/C19H25N7O5/c20-15-11-7-9(8-22-16(11)26-19(21)25-15)1-2-10-3-4-12(23-10)17(29)24-13(18(30)31)5-6-14(27)28/h3-4,9,13,23H,1-2,5-8H2,(H,24,29)(H,27,28)(H,30,31)(H5,20,21,22,25,26)/t9?,13-/m0/s1. The molecule has 0 saturated carbocycles. The molecule has 2 aromatic rings. The van der Waals surface area contributed by atoms with E-state index in [0.29, 0.717) is 31.0 Å². The molecule has 0 bridgehead atoms. The summed E-state index contributed by atoms with van der Waals surface area (Å²) in [6.45, 7) is 0.709. The maximum Gasteiger partial charge on any atom is 0.326 e. The third-order valence-corrected chi connectivity index (χ3v) is 5.17. The summed E-state index contributed by atoms with van der Waals surface area (Å²) >= 11 is 0. The van der Waals surface area contributed by atoms with Crippen molar-refractivity contribution in [2.75, 3.05) is 23.3 Å². The number of nitrogens with one attached hydrogen (secondary N) is 3. The first-order chi connectivity index (χ1) is 14.7. The minimum Gasteiger partial charge on any atom is -0.481 e. The third kappa shape index (κ3) is 5.62. The zero-order valence-corrected chi connectivity index (χ0v) is 16.7. The van der Waals surface area contributed by atoms with E-state index in [9.17, 15) is 19.5 Å². The predicted molar refractivity (Wildman–Crippen MR) is 111 cm³/mol. The highest BCUT2D eigenvalue weighted by atomic mass is 16.4.